The minimum atomic E-state index is -4.70. The third-order valence-electron chi connectivity index (χ3n) is 3.77. The van der Waals surface area contributed by atoms with Crippen LogP contribution in [-0.4, -0.2) is 44.6 Å². The Kier molecular flexibility index (Phi) is 5.65. The van der Waals surface area contributed by atoms with Gasteiger partial charge in [0.1, 0.15) is 17.9 Å². The summed E-state index contributed by atoms with van der Waals surface area (Å²) >= 11 is 6.08. The number of carbonyl (C=O) groups is 2. The summed E-state index contributed by atoms with van der Waals surface area (Å²) in [6.07, 6.45) is -4.70. The Morgan fingerprint density at radius 2 is 1.73 bits per heavy atom. The number of methoxy groups -OCH3 is 2. The normalized spacial score (nSPS) is 11.3. The van der Waals surface area contributed by atoms with Crippen molar-refractivity contribution in [1.29, 1.82) is 0 Å². The Morgan fingerprint density at radius 3 is 2.27 bits per heavy atom. The van der Waals surface area contributed by atoms with E-state index < -0.39 is 23.6 Å². The highest BCUT2D eigenvalue weighted by atomic mass is 35.5. The fraction of sp³-hybridized carbons (Fsp3) is 0.294. The molecule has 1 amide bonds. The van der Waals surface area contributed by atoms with Crippen molar-refractivity contribution in [3.63, 3.8) is 0 Å². The van der Waals surface area contributed by atoms with Crippen molar-refractivity contribution in [3.8, 4) is 5.75 Å². The molecule has 2 aromatic carbocycles. The molecule has 0 aromatic heterocycles. The van der Waals surface area contributed by atoms with E-state index in [1.54, 1.807) is 0 Å². The van der Waals surface area contributed by atoms with Crippen LogP contribution in [0.2, 0.25) is 5.02 Å². The van der Waals surface area contributed by atoms with Gasteiger partial charge in [0.25, 0.3) is 5.91 Å². The van der Waals surface area contributed by atoms with Crippen LogP contribution < -0.4 is 4.74 Å². The summed E-state index contributed by atoms with van der Waals surface area (Å²) in [5.74, 6) is -1.74. The summed E-state index contributed by atoms with van der Waals surface area (Å²) in [5.41, 5.74) is -1.14. The largest absolute Gasteiger partial charge is 0.496 e. The Labute approximate surface area is 152 Å². The molecule has 0 saturated carbocycles. The molecule has 2 aromatic rings. The lowest BCUT2D eigenvalue weighted by atomic mass is 9.98. The van der Waals surface area contributed by atoms with Crippen LogP contribution in [0.4, 0.5) is 13.2 Å². The molecule has 0 N–H and O–H groups in total. The van der Waals surface area contributed by atoms with Crippen LogP contribution in [0.25, 0.3) is 10.8 Å². The molecule has 0 aliphatic heterocycles. The maximum absolute atomic E-state index is 13.5. The van der Waals surface area contributed by atoms with Crippen LogP contribution in [0.15, 0.2) is 24.3 Å². The Hall–Kier alpha value is -2.48. The lowest BCUT2D eigenvalue weighted by Crippen LogP contribution is -2.33. The predicted molar refractivity (Wildman–Crippen MR) is 89.5 cm³/mol. The number of nitrogens with zero attached hydrogens (tertiary/aromatic N) is 1. The number of esters is 1. The Bertz CT molecular complexity index is 867. The van der Waals surface area contributed by atoms with Gasteiger partial charge in [0.15, 0.2) is 0 Å². The van der Waals surface area contributed by atoms with E-state index in [0.29, 0.717) is 0 Å². The summed E-state index contributed by atoms with van der Waals surface area (Å²) in [5, 5.41) is -0.249. The van der Waals surface area contributed by atoms with E-state index in [0.717, 1.165) is 25.2 Å². The minimum absolute atomic E-state index is 0.00680. The number of hydrogen-bond acceptors (Lipinski definition) is 4. The van der Waals surface area contributed by atoms with Crippen molar-refractivity contribution in [3.05, 3.63) is 40.4 Å². The van der Waals surface area contributed by atoms with Crippen molar-refractivity contribution >= 4 is 34.2 Å². The quantitative estimate of drug-likeness (QED) is 0.747. The lowest BCUT2D eigenvalue weighted by molar-refractivity contribution is -0.141. The molecular weight excluding hydrogens is 375 g/mol. The molecule has 5 nitrogen and oxygen atoms in total. The molecule has 9 heteroatoms. The maximum atomic E-state index is 13.5. The first kappa shape index (κ1) is 19.8. The number of benzene rings is 2. The average Bonchev–Trinajstić information content (AvgIpc) is 2.58. The molecule has 0 bridgehead atoms. The zero-order chi connectivity index (χ0) is 19.6. The van der Waals surface area contributed by atoms with Crippen molar-refractivity contribution in [2.45, 2.75) is 6.18 Å². The van der Waals surface area contributed by atoms with Crippen LogP contribution >= 0.6 is 11.6 Å². The van der Waals surface area contributed by atoms with E-state index in [-0.39, 0.29) is 33.7 Å². The molecule has 0 aliphatic rings. The average molecular weight is 390 g/mol. The predicted octanol–water partition coefficient (Wildman–Crippen LogP) is 3.77. The number of alkyl halides is 3. The van der Waals surface area contributed by atoms with Crippen LogP contribution in [0.3, 0.4) is 0 Å². The number of likely N-dealkylation sites (N-methyl/N-ethyl adjacent to an activating group) is 1. The summed E-state index contributed by atoms with van der Waals surface area (Å²) in [7, 11) is 3.61. The summed E-state index contributed by atoms with van der Waals surface area (Å²) < 4.78 is 49.8. The molecule has 0 fully saturated rings. The fourth-order valence-corrected chi connectivity index (χ4v) is 2.81. The molecule has 0 atom stereocenters. The Morgan fingerprint density at radius 1 is 1.12 bits per heavy atom. The maximum Gasteiger partial charge on any atom is 0.420 e. The third kappa shape index (κ3) is 3.70. The zero-order valence-electron chi connectivity index (χ0n) is 14.1. The molecule has 26 heavy (non-hydrogen) atoms. The molecule has 140 valence electrons. The highest BCUT2D eigenvalue weighted by Crippen LogP contribution is 2.43. The van der Waals surface area contributed by atoms with Gasteiger partial charge in [0, 0.05) is 7.05 Å². The SMILES string of the molecule is COC(=O)CN(C)C(=O)c1c(Cl)ccc2c(C(F)(F)F)c(OC)ccc12. The van der Waals surface area contributed by atoms with E-state index in [1.807, 2.05) is 0 Å². The van der Waals surface area contributed by atoms with Gasteiger partial charge in [-0.15, -0.1) is 0 Å². The topological polar surface area (TPSA) is 55.8 Å². The number of amides is 1. The monoisotopic (exact) mass is 389 g/mol. The van der Waals surface area contributed by atoms with E-state index in [2.05, 4.69) is 4.74 Å². The summed E-state index contributed by atoms with van der Waals surface area (Å²) in [6.45, 7) is -0.371. The van der Waals surface area contributed by atoms with E-state index in [4.69, 9.17) is 16.3 Å². The minimum Gasteiger partial charge on any atom is -0.496 e. The van der Waals surface area contributed by atoms with Crippen molar-refractivity contribution in [1.82, 2.24) is 4.90 Å². The number of rotatable bonds is 4. The molecule has 0 spiro atoms. The highest BCUT2D eigenvalue weighted by molar-refractivity contribution is 6.35. The second kappa shape index (κ2) is 7.41. The zero-order valence-corrected chi connectivity index (χ0v) is 14.9. The van der Waals surface area contributed by atoms with Gasteiger partial charge in [-0.1, -0.05) is 17.7 Å². The van der Waals surface area contributed by atoms with E-state index in [9.17, 15) is 22.8 Å². The van der Waals surface area contributed by atoms with Crippen molar-refractivity contribution in [2.24, 2.45) is 0 Å². The molecule has 0 saturated heterocycles. The summed E-state index contributed by atoms with van der Waals surface area (Å²) in [6, 6.07) is 4.84. The first-order valence-corrected chi connectivity index (χ1v) is 7.68. The van der Waals surface area contributed by atoms with Crippen molar-refractivity contribution in [2.75, 3.05) is 27.8 Å². The third-order valence-corrected chi connectivity index (χ3v) is 4.08. The number of carbonyl (C=O) groups excluding carboxylic acids is 2. The van der Waals surface area contributed by atoms with E-state index >= 15 is 0 Å². The van der Waals surface area contributed by atoms with Gasteiger partial charge in [-0.2, -0.15) is 13.2 Å². The fourth-order valence-electron chi connectivity index (χ4n) is 2.56. The van der Waals surface area contributed by atoms with Gasteiger partial charge in [-0.25, -0.2) is 0 Å². The van der Waals surface area contributed by atoms with Gasteiger partial charge in [0.05, 0.1) is 24.8 Å². The van der Waals surface area contributed by atoms with Gasteiger partial charge in [-0.3, -0.25) is 9.59 Å². The van der Waals surface area contributed by atoms with Crippen molar-refractivity contribution < 1.29 is 32.2 Å². The van der Waals surface area contributed by atoms with Gasteiger partial charge < -0.3 is 14.4 Å². The van der Waals surface area contributed by atoms with Gasteiger partial charge in [0.2, 0.25) is 0 Å². The smallest absolute Gasteiger partial charge is 0.420 e. The molecule has 0 radical (unpaired) electrons. The van der Waals surface area contributed by atoms with Gasteiger partial charge >= 0.3 is 12.1 Å². The molecular formula is C17H15ClF3NO4. The van der Waals surface area contributed by atoms with Gasteiger partial charge in [-0.05, 0) is 29.0 Å². The second-order valence-corrected chi connectivity index (χ2v) is 5.80. The molecule has 0 unspecified atom stereocenters. The molecule has 0 heterocycles. The number of hydrogen-bond donors (Lipinski definition) is 0. The molecule has 2 rings (SSSR count). The van der Waals surface area contributed by atoms with Crippen LogP contribution in [0.5, 0.6) is 5.75 Å². The standard InChI is InChI=1S/C17H15ClF3NO4/c1-22(8-13(23)26-3)16(24)14-9-5-7-12(25-2)15(17(19,20)21)10(9)4-6-11(14)18/h4-7H,8H2,1-3H3. The first-order chi connectivity index (χ1) is 12.1. The van der Waals surface area contributed by atoms with Crippen LogP contribution in [0, 0.1) is 0 Å². The molecule has 0 aliphatic carbocycles. The van der Waals surface area contributed by atoms with E-state index in [1.165, 1.54) is 25.2 Å². The summed E-state index contributed by atoms with van der Waals surface area (Å²) in [4.78, 5) is 25.0. The van der Waals surface area contributed by atoms with Crippen LogP contribution in [0.1, 0.15) is 15.9 Å². The second-order valence-electron chi connectivity index (χ2n) is 5.40. The number of ether oxygens (including phenoxy) is 2. The lowest BCUT2D eigenvalue weighted by Gasteiger charge is -2.20. The number of halogens is 4. The first-order valence-electron chi connectivity index (χ1n) is 7.30. The highest BCUT2D eigenvalue weighted by Gasteiger charge is 2.37. The van der Waals surface area contributed by atoms with Crippen LogP contribution in [-0.2, 0) is 15.7 Å². The Balaban J connectivity index is 2.70. The number of fused-ring (bicyclic) bond motifs is 1.